The van der Waals surface area contributed by atoms with Crippen LogP contribution >= 0.6 is 0 Å². The molecule has 0 spiro atoms. The molecule has 8 heteroatoms. The maximum Gasteiger partial charge on any atom is 0.238 e. The van der Waals surface area contributed by atoms with E-state index >= 15 is 0 Å². The summed E-state index contributed by atoms with van der Waals surface area (Å²) in [5.74, 6) is 1.28. The number of rotatable bonds is 5. The van der Waals surface area contributed by atoms with Gasteiger partial charge in [0.15, 0.2) is 5.96 Å². The fourth-order valence-electron chi connectivity index (χ4n) is 2.60. The van der Waals surface area contributed by atoms with Gasteiger partial charge in [-0.25, -0.2) is 13.6 Å². The van der Waals surface area contributed by atoms with Gasteiger partial charge in [-0.2, -0.15) is 0 Å². The minimum atomic E-state index is -3.68. The molecule has 23 heavy (non-hydrogen) atoms. The molecule has 1 aliphatic rings. The van der Waals surface area contributed by atoms with E-state index in [0.717, 1.165) is 37.7 Å². The van der Waals surface area contributed by atoms with Crippen molar-refractivity contribution >= 4 is 16.0 Å². The van der Waals surface area contributed by atoms with Crippen molar-refractivity contribution in [2.75, 3.05) is 33.9 Å². The Morgan fingerprint density at radius 2 is 2.30 bits per heavy atom. The Morgan fingerprint density at radius 3 is 2.91 bits per heavy atom. The van der Waals surface area contributed by atoms with Gasteiger partial charge in [0.25, 0.3) is 0 Å². The number of nitrogens with two attached hydrogens (primary N) is 1. The molecule has 2 rings (SSSR count). The Labute approximate surface area is 137 Å². The monoisotopic (exact) mass is 340 g/mol. The maximum absolute atomic E-state index is 11.4. The van der Waals surface area contributed by atoms with Crippen molar-refractivity contribution in [3.8, 4) is 0 Å². The largest absolute Gasteiger partial charge is 0.381 e. The first-order valence-corrected chi connectivity index (χ1v) is 9.06. The number of benzene rings is 1. The average molecular weight is 340 g/mol. The Kier molecular flexibility index (Phi) is 5.97. The highest BCUT2D eigenvalue weighted by Crippen LogP contribution is 2.13. The topological polar surface area (TPSA) is 97.0 Å². The first-order chi connectivity index (χ1) is 10.9. The van der Waals surface area contributed by atoms with Crippen LogP contribution in [0.2, 0.25) is 0 Å². The highest BCUT2D eigenvalue weighted by atomic mass is 32.2. The van der Waals surface area contributed by atoms with E-state index in [0.29, 0.717) is 12.5 Å². The van der Waals surface area contributed by atoms with Gasteiger partial charge in [-0.1, -0.05) is 12.1 Å². The van der Waals surface area contributed by atoms with Crippen LogP contribution in [0.3, 0.4) is 0 Å². The molecule has 3 N–H and O–H groups in total. The van der Waals surface area contributed by atoms with Crippen LogP contribution in [0.25, 0.3) is 0 Å². The fraction of sp³-hybridized carbons (Fsp3) is 0.533. The van der Waals surface area contributed by atoms with Gasteiger partial charge in [0.1, 0.15) is 0 Å². The Hall–Kier alpha value is -1.64. The second-order valence-corrected chi connectivity index (χ2v) is 7.26. The van der Waals surface area contributed by atoms with E-state index in [-0.39, 0.29) is 4.90 Å². The number of aliphatic imine (C=N–C) groups is 1. The molecule has 1 fully saturated rings. The predicted octanol–water partition coefficient (Wildman–Crippen LogP) is 0.378. The van der Waals surface area contributed by atoms with E-state index in [2.05, 4.69) is 15.2 Å². The van der Waals surface area contributed by atoms with E-state index in [1.54, 1.807) is 19.2 Å². The summed E-state index contributed by atoms with van der Waals surface area (Å²) in [7, 11) is 0.0237. The van der Waals surface area contributed by atoms with Gasteiger partial charge < -0.3 is 15.0 Å². The number of hydrogen-bond donors (Lipinski definition) is 2. The van der Waals surface area contributed by atoms with Crippen LogP contribution in [0.1, 0.15) is 12.0 Å². The molecule has 0 bridgehead atoms. The third kappa shape index (κ3) is 5.19. The summed E-state index contributed by atoms with van der Waals surface area (Å²) in [4.78, 5) is 6.44. The van der Waals surface area contributed by atoms with E-state index in [4.69, 9.17) is 9.88 Å². The average Bonchev–Trinajstić information content (AvgIpc) is 3.00. The normalized spacial score (nSPS) is 18.9. The van der Waals surface area contributed by atoms with Crippen molar-refractivity contribution in [3.05, 3.63) is 29.8 Å². The molecule has 1 heterocycles. The molecule has 1 unspecified atom stereocenters. The predicted molar refractivity (Wildman–Crippen MR) is 89.6 cm³/mol. The Bertz CT molecular complexity index is 654. The molecule has 1 saturated heterocycles. The number of ether oxygens (including phenoxy) is 1. The van der Waals surface area contributed by atoms with Crippen molar-refractivity contribution in [2.24, 2.45) is 16.0 Å². The minimum Gasteiger partial charge on any atom is -0.381 e. The van der Waals surface area contributed by atoms with Crippen molar-refractivity contribution in [1.82, 2.24) is 10.2 Å². The number of guanidine groups is 1. The lowest BCUT2D eigenvalue weighted by Crippen LogP contribution is -2.41. The van der Waals surface area contributed by atoms with Crippen molar-refractivity contribution in [3.63, 3.8) is 0 Å². The molecule has 1 atom stereocenters. The molecule has 0 aromatic heterocycles. The van der Waals surface area contributed by atoms with Gasteiger partial charge in [-0.3, -0.25) is 4.99 Å². The van der Waals surface area contributed by atoms with Crippen LogP contribution in [-0.4, -0.2) is 53.1 Å². The SMILES string of the molecule is CN=C(NCc1cccc(S(N)(=O)=O)c1)N(C)CC1CCOC1. The molecule has 0 amide bonds. The molecule has 1 aromatic carbocycles. The molecule has 128 valence electrons. The van der Waals surface area contributed by atoms with Gasteiger partial charge in [0.05, 0.1) is 11.5 Å². The van der Waals surface area contributed by atoms with E-state index in [1.165, 1.54) is 6.07 Å². The summed E-state index contributed by atoms with van der Waals surface area (Å²) in [5.41, 5.74) is 0.829. The molecule has 1 aliphatic heterocycles. The maximum atomic E-state index is 11.4. The van der Waals surface area contributed by atoms with Crippen LogP contribution in [-0.2, 0) is 21.3 Å². The summed E-state index contributed by atoms with van der Waals surface area (Å²) in [6.07, 6.45) is 1.07. The van der Waals surface area contributed by atoms with E-state index in [9.17, 15) is 8.42 Å². The van der Waals surface area contributed by atoms with E-state index < -0.39 is 10.0 Å². The van der Waals surface area contributed by atoms with Gasteiger partial charge in [-0.05, 0) is 24.1 Å². The second kappa shape index (κ2) is 7.76. The number of nitrogens with one attached hydrogen (secondary N) is 1. The fourth-order valence-corrected chi connectivity index (χ4v) is 3.18. The molecule has 0 aliphatic carbocycles. The molecular weight excluding hydrogens is 316 g/mol. The molecule has 7 nitrogen and oxygen atoms in total. The second-order valence-electron chi connectivity index (χ2n) is 5.70. The Balaban J connectivity index is 1.95. The quantitative estimate of drug-likeness (QED) is 0.596. The number of primary sulfonamides is 1. The number of hydrogen-bond acceptors (Lipinski definition) is 4. The van der Waals surface area contributed by atoms with Gasteiger partial charge in [0, 0.05) is 39.7 Å². The van der Waals surface area contributed by atoms with Crippen molar-refractivity contribution in [1.29, 1.82) is 0 Å². The molecule has 0 radical (unpaired) electrons. The van der Waals surface area contributed by atoms with Crippen LogP contribution in [0, 0.1) is 5.92 Å². The smallest absolute Gasteiger partial charge is 0.238 e. The lowest BCUT2D eigenvalue weighted by Gasteiger charge is -2.24. The summed E-state index contributed by atoms with van der Waals surface area (Å²) < 4.78 is 28.2. The van der Waals surface area contributed by atoms with Crippen molar-refractivity contribution < 1.29 is 13.2 Å². The number of nitrogens with zero attached hydrogens (tertiary/aromatic N) is 2. The first kappa shape index (κ1) is 17.7. The van der Waals surface area contributed by atoms with Gasteiger partial charge in [-0.15, -0.1) is 0 Å². The van der Waals surface area contributed by atoms with Crippen LogP contribution < -0.4 is 10.5 Å². The molecule has 1 aromatic rings. The van der Waals surface area contributed by atoms with Crippen LogP contribution in [0.5, 0.6) is 0 Å². The lowest BCUT2D eigenvalue weighted by atomic mass is 10.1. The van der Waals surface area contributed by atoms with Crippen LogP contribution in [0.15, 0.2) is 34.2 Å². The molecular formula is C15H24N4O3S. The summed E-state index contributed by atoms with van der Waals surface area (Å²) in [6, 6.07) is 6.58. The van der Waals surface area contributed by atoms with Crippen molar-refractivity contribution in [2.45, 2.75) is 17.9 Å². The highest BCUT2D eigenvalue weighted by molar-refractivity contribution is 7.89. The van der Waals surface area contributed by atoms with E-state index in [1.807, 2.05) is 13.1 Å². The van der Waals surface area contributed by atoms with Gasteiger partial charge in [0.2, 0.25) is 10.0 Å². The zero-order chi connectivity index (χ0) is 16.9. The number of sulfonamides is 1. The summed E-state index contributed by atoms with van der Waals surface area (Å²) >= 11 is 0. The molecule has 0 saturated carbocycles. The third-order valence-electron chi connectivity index (χ3n) is 3.81. The Morgan fingerprint density at radius 1 is 1.52 bits per heavy atom. The highest BCUT2D eigenvalue weighted by Gasteiger charge is 2.19. The zero-order valence-corrected chi connectivity index (χ0v) is 14.3. The van der Waals surface area contributed by atoms with Gasteiger partial charge >= 0.3 is 0 Å². The summed E-state index contributed by atoms with van der Waals surface area (Å²) in [6.45, 7) is 2.96. The minimum absolute atomic E-state index is 0.114. The van der Waals surface area contributed by atoms with Crippen LogP contribution in [0.4, 0.5) is 0 Å². The lowest BCUT2D eigenvalue weighted by molar-refractivity contribution is 0.181. The summed E-state index contributed by atoms with van der Waals surface area (Å²) in [5, 5.41) is 8.39. The standard InChI is InChI=1S/C15H24N4O3S/c1-17-15(19(2)10-13-6-7-22-11-13)18-9-12-4-3-5-14(8-12)23(16,20)21/h3-5,8,13H,6-7,9-11H2,1-2H3,(H,17,18)(H2,16,20,21). The first-order valence-electron chi connectivity index (χ1n) is 7.51. The zero-order valence-electron chi connectivity index (χ0n) is 13.5. The third-order valence-corrected chi connectivity index (χ3v) is 4.72.